The smallest absolute Gasteiger partial charge is 0.407 e. The van der Waals surface area contributed by atoms with Crippen molar-refractivity contribution >= 4 is 6.09 Å². The van der Waals surface area contributed by atoms with Crippen LogP contribution in [0.25, 0.3) is 0 Å². The lowest BCUT2D eigenvalue weighted by Gasteiger charge is -2.34. The highest BCUT2D eigenvalue weighted by Gasteiger charge is 2.31. The van der Waals surface area contributed by atoms with E-state index < -0.39 is 6.09 Å². The van der Waals surface area contributed by atoms with E-state index in [1.807, 2.05) is 20.8 Å². The molecule has 1 aromatic rings. The van der Waals surface area contributed by atoms with E-state index in [1.54, 1.807) is 0 Å². The number of fused-ring (bicyclic) bond motifs is 3. The van der Waals surface area contributed by atoms with Gasteiger partial charge in [-0.2, -0.15) is 0 Å². The molecular formula is C18H25NO4. The first-order valence-electron chi connectivity index (χ1n) is 8.16. The van der Waals surface area contributed by atoms with E-state index in [0.29, 0.717) is 32.9 Å². The van der Waals surface area contributed by atoms with Gasteiger partial charge in [0.25, 0.3) is 0 Å². The predicted octanol–water partition coefficient (Wildman–Crippen LogP) is 3.36. The molecule has 0 spiro atoms. The number of rotatable bonds is 3. The van der Waals surface area contributed by atoms with Gasteiger partial charge in [0.15, 0.2) is 0 Å². The van der Waals surface area contributed by atoms with Crippen molar-refractivity contribution in [3.8, 4) is 0 Å². The maximum Gasteiger partial charge on any atom is 0.407 e. The molecule has 0 aliphatic carbocycles. The van der Waals surface area contributed by atoms with Crippen LogP contribution in [0.15, 0.2) is 12.1 Å². The van der Waals surface area contributed by atoms with E-state index in [-0.39, 0.29) is 11.5 Å². The zero-order valence-electron chi connectivity index (χ0n) is 14.1. The second kappa shape index (κ2) is 6.13. The second-order valence-corrected chi connectivity index (χ2v) is 7.60. The molecule has 5 nitrogen and oxygen atoms in total. The summed E-state index contributed by atoms with van der Waals surface area (Å²) >= 11 is 0. The van der Waals surface area contributed by atoms with Gasteiger partial charge < -0.3 is 19.5 Å². The van der Waals surface area contributed by atoms with Crippen LogP contribution in [0.3, 0.4) is 0 Å². The Morgan fingerprint density at radius 2 is 2.04 bits per heavy atom. The highest BCUT2D eigenvalue weighted by Crippen LogP contribution is 2.36. The van der Waals surface area contributed by atoms with Crippen molar-refractivity contribution in [2.24, 2.45) is 5.41 Å². The highest BCUT2D eigenvalue weighted by molar-refractivity contribution is 5.65. The summed E-state index contributed by atoms with van der Waals surface area (Å²) in [5.41, 5.74) is 4.75. The van der Waals surface area contributed by atoms with Gasteiger partial charge in [-0.15, -0.1) is 0 Å². The topological polar surface area (TPSA) is 59.0 Å². The molecule has 2 heterocycles. The van der Waals surface area contributed by atoms with Crippen molar-refractivity contribution in [3.63, 3.8) is 0 Å². The number of hydrogen-bond donors (Lipinski definition) is 1. The maximum atomic E-state index is 11.6. The van der Waals surface area contributed by atoms with Gasteiger partial charge in [0, 0.05) is 6.54 Å². The molecule has 23 heavy (non-hydrogen) atoms. The number of carbonyl (C=O) groups is 1. The first-order chi connectivity index (χ1) is 10.8. The van der Waals surface area contributed by atoms with Crippen LogP contribution in [0.5, 0.6) is 0 Å². The van der Waals surface area contributed by atoms with Crippen molar-refractivity contribution in [3.05, 3.63) is 34.4 Å². The molecule has 5 heteroatoms. The van der Waals surface area contributed by atoms with E-state index >= 15 is 0 Å². The molecule has 1 atom stereocenters. The molecule has 0 saturated carbocycles. The summed E-state index contributed by atoms with van der Waals surface area (Å²) in [6.07, 6.45) is -0.209. The Bertz CT molecular complexity index is 606. The average molecular weight is 319 g/mol. The SMILES string of the molecule is CC(C)(C)CN(C[C@H]1OCCc2ccc3c(c21)COC3)C(=O)O. The Kier molecular flexibility index (Phi) is 4.34. The predicted molar refractivity (Wildman–Crippen MR) is 86.4 cm³/mol. The minimum absolute atomic E-state index is 0.0857. The monoisotopic (exact) mass is 319 g/mol. The van der Waals surface area contributed by atoms with Crippen molar-refractivity contribution in [2.45, 2.75) is 46.5 Å². The second-order valence-electron chi connectivity index (χ2n) is 7.60. The van der Waals surface area contributed by atoms with Gasteiger partial charge in [0.05, 0.1) is 26.4 Å². The summed E-state index contributed by atoms with van der Waals surface area (Å²) in [6.45, 7) is 8.88. The fraction of sp³-hybridized carbons (Fsp3) is 0.611. The van der Waals surface area contributed by atoms with Gasteiger partial charge in [0.1, 0.15) is 6.10 Å². The Hall–Kier alpha value is -1.59. The van der Waals surface area contributed by atoms with Gasteiger partial charge in [-0.05, 0) is 34.1 Å². The lowest BCUT2D eigenvalue weighted by atomic mass is 9.89. The van der Waals surface area contributed by atoms with Crippen molar-refractivity contribution in [2.75, 3.05) is 19.7 Å². The molecule has 0 fully saturated rings. The van der Waals surface area contributed by atoms with Gasteiger partial charge in [-0.25, -0.2) is 4.79 Å². The van der Waals surface area contributed by atoms with Crippen LogP contribution >= 0.6 is 0 Å². The lowest BCUT2D eigenvalue weighted by Crippen LogP contribution is -2.41. The third-order valence-corrected chi connectivity index (χ3v) is 4.38. The normalized spacial score (nSPS) is 20.0. The Morgan fingerprint density at radius 1 is 1.30 bits per heavy atom. The minimum atomic E-state index is -0.889. The summed E-state index contributed by atoms with van der Waals surface area (Å²) in [5, 5.41) is 9.55. The summed E-state index contributed by atoms with van der Waals surface area (Å²) in [7, 11) is 0. The number of nitrogens with zero attached hydrogens (tertiary/aromatic N) is 1. The summed E-state index contributed by atoms with van der Waals surface area (Å²) in [5.74, 6) is 0. The zero-order chi connectivity index (χ0) is 16.6. The van der Waals surface area contributed by atoms with Crippen LogP contribution in [-0.2, 0) is 29.1 Å². The van der Waals surface area contributed by atoms with Crippen molar-refractivity contribution in [1.82, 2.24) is 4.90 Å². The molecule has 2 aliphatic heterocycles. The molecule has 1 N–H and O–H groups in total. The Labute approximate surface area is 137 Å². The number of hydrogen-bond acceptors (Lipinski definition) is 3. The number of ether oxygens (including phenoxy) is 2. The molecule has 1 amide bonds. The molecule has 0 radical (unpaired) electrons. The van der Waals surface area contributed by atoms with Crippen LogP contribution in [0.4, 0.5) is 4.79 Å². The van der Waals surface area contributed by atoms with Gasteiger partial charge in [-0.1, -0.05) is 32.9 Å². The number of amides is 1. The van der Waals surface area contributed by atoms with E-state index in [0.717, 1.165) is 12.0 Å². The van der Waals surface area contributed by atoms with Crippen LogP contribution < -0.4 is 0 Å². The zero-order valence-corrected chi connectivity index (χ0v) is 14.1. The molecule has 126 valence electrons. The van der Waals surface area contributed by atoms with E-state index in [1.165, 1.54) is 21.6 Å². The molecule has 0 bridgehead atoms. The molecule has 1 aromatic carbocycles. The standard InChI is InChI=1S/C18H25NO4/c1-18(2,3)11-19(17(20)21)8-15-16-12(6-7-23-15)4-5-13-9-22-10-14(13)16/h4-5,15H,6-11H2,1-3H3,(H,20,21)/t15-/m1/s1. The van der Waals surface area contributed by atoms with Crippen LogP contribution in [-0.4, -0.2) is 35.8 Å². The van der Waals surface area contributed by atoms with Gasteiger partial charge >= 0.3 is 6.09 Å². The van der Waals surface area contributed by atoms with Crippen LogP contribution in [0, 0.1) is 5.41 Å². The van der Waals surface area contributed by atoms with Gasteiger partial charge in [-0.3, -0.25) is 0 Å². The molecular weight excluding hydrogens is 294 g/mol. The first-order valence-corrected chi connectivity index (χ1v) is 8.16. The van der Waals surface area contributed by atoms with Crippen LogP contribution in [0.1, 0.15) is 49.1 Å². The van der Waals surface area contributed by atoms with Crippen molar-refractivity contribution < 1.29 is 19.4 Å². The molecule has 0 unspecified atom stereocenters. The first kappa shape index (κ1) is 16.3. The summed E-state index contributed by atoms with van der Waals surface area (Å²) in [6, 6.07) is 4.28. The van der Waals surface area contributed by atoms with E-state index in [4.69, 9.17) is 9.47 Å². The molecule has 3 rings (SSSR count). The summed E-state index contributed by atoms with van der Waals surface area (Å²) in [4.78, 5) is 13.1. The van der Waals surface area contributed by atoms with Crippen LogP contribution in [0.2, 0.25) is 0 Å². The number of carboxylic acid groups (broad SMARTS) is 1. The van der Waals surface area contributed by atoms with E-state index in [2.05, 4.69) is 12.1 Å². The lowest BCUT2D eigenvalue weighted by molar-refractivity contribution is 0.0108. The fourth-order valence-corrected chi connectivity index (χ4v) is 3.47. The fourth-order valence-electron chi connectivity index (χ4n) is 3.47. The third kappa shape index (κ3) is 3.51. The van der Waals surface area contributed by atoms with E-state index in [9.17, 15) is 9.90 Å². The molecule has 0 aromatic heterocycles. The quantitative estimate of drug-likeness (QED) is 0.928. The highest BCUT2D eigenvalue weighted by atomic mass is 16.5. The third-order valence-electron chi connectivity index (χ3n) is 4.38. The maximum absolute atomic E-state index is 11.6. The van der Waals surface area contributed by atoms with Gasteiger partial charge in [0.2, 0.25) is 0 Å². The summed E-state index contributed by atoms with van der Waals surface area (Å²) < 4.78 is 11.5. The average Bonchev–Trinajstić information content (AvgIpc) is 2.93. The number of benzene rings is 1. The Morgan fingerprint density at radius 3 is 2.74 bits per heavy atom. The molecule has 2 aliphatic rings. The Balaban J connectivity index is 1.88. The minimum Gasteiger partial charge on any atom is -0.465 e. The largest absolute Gasteiger partial charge is 0.465 e. The molecule has 0 saturated heterocycles. The van der Waals surface area contributed by atoms with Crippen molar-refractivity contribution in [1.29, 1.82) is 0 Å².